The van der Waals surface area contributed by atoms with Crippen LogP contribution in [-0.4, -0.2) is 41.3 Å². The zero-order valence-corrected chi connectivity index (χ0v) is 24.5. The van der Waals surface area contributed by atoms with E-state index in [9.17, 15) is 19.8 Å². The Kier molecular flexibility index (Phi) is 6.48. The third kappa shape index (κ3) is 3.42. The molecule has 5 rings (SSSR count). The van der Waals surface area contributed by atoms with Crippen LogP contribution in [0.15, 0.2) is 24.3 Å². The van der Waals surface area contributed by atoms with Crippen molar-refractivity contribution in [1.82, 2.24) is 0 Å². The van der Waals surface area contributed by atoms with Gasteiger partial charge in [-0.1, -0.05) is 65.8 Å². The van der Waals surface area contributed by atoms with Crippen LogP contribution in [0.2, 0.25) is 0 Å². The van der Waals surface area contributed by atoms with Crippen molar-refractivity contribution < 1.29 is 24.5 Å². The molecule has 0 aromatic carbocycles. The number of hydrogen-bond acceptors (Lipinski definition) is 5. The highest BCUT2D eigenvalue weighted by molar-refractivity contribution is 5.80. The second kappa shape index (κ2) is 8.77. The molecule has 5 nitrogen and oxygen atoms in total. The van der Waals surface area contributed by atoms with E-state index < -0.39 is 23.0 Å². The van der Waals surface area contributed by atoms with Crippen LogP contribution in [0.4, 0.5) is 0 Å². The minimum absolute atomic E-state index is 0.0472. The molecule has 0 aromatic heterocycles. The maximum absolute atomic E-state index is 13.7. The smallest absolute Gasteiger partial charge is 0.315 e. The van der Waals surface area contributed by atoms with Crippen molar-refractivity contribution in [2.75, 3.05) is 6.61 Å². The standard InChI is InChI=1S/C33H50O5/c1-8-17-38-27(37)33-16-15-28(2,3)18-22(33)21-9-10-24-29(4)13-12-25(35)30(5,20-34)23(29)11-14-31(24,6)32(21,7)19-26(33)36/h8-9,20,22-26,35-36H,1,10-19H2,2-7H3/t22-,23+,24+,25-,26+,29-,30-,31+,32+,33+/m0/s1. The topological polar surface area (TPSA) is 83.8 Å². The van der Waals surface area contributed by atoms with Gasteiger partial charge in [0.25, 0.3) is 0 Å². The molecule has 0 amide bonds. The lowest BCUT2D eigenvalue weighted by atomic mass is 9.33. The molecule has 10 atom stereocenters. The second-order valence-electron chi connectivity index (χ2n) is 15.4. The highest BCUT2D eigenvalue weighted by Crippen LogP contribution is 2.75. The fourth-order valence-corrected chi connectivity index (χ4v) is 10.9. The number of allylic oxidation sites excluding steroid dienone is 2. The number of ether oxygens (including phenoxy) is 1. The summed E-state index contributed by atoms with van der Waals surface area (Å²) in [5.74, 6) is 0.176. The van der Waals surface area contributed by atoms with Gasteiger partial charge in [-0.15, -0.1) is 0 Å². The molecule has 4 saturated carbocycles. The Bertz CT molecular complexity index is 1050. The predicted octanol–water partition coefficient (Wildman–Crippen LogP) is 6.03. The van der Waals surface area contributed by atoms with Gasteiger partial charge >= 0.3 is 5.97 Å². The summed E-state index contributed by atoms with van der Waals surface area (Å²) < 4.78 is 5.70. The van der Waals surface area contributed by atoms with E-state index in [-0.39, 0.29) is 46.1 Å². The molecule has 0 unspecified atom stereocenters. The van der Waals surface area contributed by atoms with E-state index in [1.807, 2.05) is 6.92 Å². The van der Waals surface area contributed by atoms with Crippen LogP contribution in [0.25, 0.3) is 0 Å². The fraction of sp³-hybridized carbons (Fsp3) is 0.818. The molecular formula is C33H50O5. The Hall–Kier alpha value is -1.46. The van der Waals surface area contributed by atoms with Gasteiger partial charge in [-0.2, -0.15) is 0 Å². The molecule has 0 aliphatic heterocycles. The third-order valence-electron chi connectivity index (χ3n) is 13.3. The van der Waals surface area contributed by atoms with Crippen LogP contribution in [0.1, 0.15) is 99.3 Å². The zero-order valence-electron chi connectivity index (χ0n) is 24.5. The molecule has 0 radical (unpaired) electrons. The van der Waals surface area contributed by atoms with E-state index >= 15 is 0 Å². The fourth-order valence-electron chi connectivity index (χ4n) is 10.9. The average Bonchev–Trinajstić information content (AvgIpc) is 2.85. The number of aliphatic hydroxyl groups is 2. The largest absolute Gasteiger partial charge is 0.461 e. The molecule has 5 aliphatic carbocycles. The number of carbonyl (C=O) groups is 2. The molecule has 0 spiro atoms. The van der Waals surface area contributed by atoms with Gasteiger partial charge < -0.3 is 19.7 Å². The third-order valence-corrected chi connectivity index (χ3v) is 13.3. The molecule has 0 saturated heterocycles. The first kappa shape index (κ1) is 28.1. The number of aldehydes is 1. The molecule has 5 heteroatoms. The van der Waals surface area contributed by atoms with Crippen LogP contribution < -0.4 is 0 Å². The lowest BCUT2D eigenvalue weighted by Crippen LogP contribution is -2.68. The lowest BCUT2D eigenvalue weighted by molar-refractivity contribution is -0.218. The summed E-state index contributed by atoms with van der Waals surface area (Å²) >= 11 is 0. The first-order valence-electron chi connectivity index (χ1n) is 15.0. The van der Waals surface area contributed by atoms with E-state index in [0.29, 0.717) is 25.2 Å². The average molecular weight is 527 g/mol. The van der Waals surface area contributed by atoms with Gasteiger partial charge in [0.1, 0.15) is 18.3 Å². The van der Waals surface area contributed by atoms with Gasteiger partial charge in [-0.3, -0.25) is 4.79 Å². The zero-order chi connectivity index (χ0) is 27.9. The number of esters is 1. The van der Waals surface area contributed by atoms with Crippen LogP contribution >= 0.6 is 0 Å². The van der Waals surface area contributed by atoms with Crippen molar-refractivity contribution >= 4 is 12.3 Å². The van der Waals surface area contributed by atoms with E-state index in [2.05, 4.69) is 47.3 Å². The van der Waals surface area contributed by atoms with Gasteiger partial charge in [0, 0.05) is 0 Å². The molecule has 2 N–H and O–H groups in total. The molecule has 0 heterocycles. The highest BCUT2D eigenvalue weighted by atomic mass is 16.5. The first-order chi connectivity index (χ1) is 17.7. The van der Waals surface area contributed by atoms with Crippen LogP contribution in [0, 0.1) is 50.2 Å². The SMILES string of the molecule is C=CCOC(=O)[C@]12CCC(C)(C)C[C@H]1C1=CC[C@@H]3[C@@]4(C)CC[C@H](O)[C@@](C)(C=O)[C@@H]4CC[C@@]3(C)[C@]1(C)C[C@H]2O. The van der Waals surface area contributed by atoms with E-state index in [1.54, 1.807) is 6.08 Å². The Morgan fingerprint density at radius 1 is 1.00 bits per heavy atom. The number of aliphatic hydroxyl groups excluding tert-OH is 2. The van der Waals surface area contributed by atoms with E-state index in [1.165, 1.54) is 5.57 Å². The van der Waals surface area contributed by atoms with Gasteiger partial charge in [-0.05, 0) is 97.2 Å². The van der Waals surface area contributed by atoms with E-state index in [4.69, 9.17) is 4.74 Å². The molecule has 38 heavy (non-hydrogen) atoms. The Morgan fingerprint density at radius 2 is 1.71 bits per heavy atom. The van der Waals surface area contributed by atoms with Crippen molar-refractivity contribution in [3.63, 3.8) is 0 Å². The predicted molar refractivity (Wildman–Crippen MR) is 148 cm³/mol. The Morgan fingerprint density at radius 3 is 2.37 bits per heavy atom. The highest BCUT2D eigenvalue weighted by Gasteiger charge is 2.71. The number of hydrogen-bond donors (Lipinski definition) is 2. The summed E-state index contributed by atoms with van der Waals surface area (Å²) in [4.78, 5) is 26.1. The van der Waals surface area contributed by atoms with Gasteiger partial charge in [0.15, 0.2) is 0 Å². The Labute approximate surface area is 229 Å². The Balaban J connectivity index is 1.61. The van der Waals surface area contributed by atoms with Gasteiger partial charge in [-0.25, -0.2) is 0 Å². The van der Waals surface area contributed by atoms with E-state index in [0.717, 1.165) is 44.8 Å². The lowest BCUT2D eigenvalue weighted by Gasteiger charge is -2.71. The van der Waals surface area contributed by atoms with Gasteiger partial charge in [0.05, 0.1) is 17.6 Å². The summed E-state index contributed by atoms with van der Waals surface area (Å²) in [6.45, 7) is 17.6. The summed E-state index contributed by atoms with van der Waals surface area (Å²) in [6.07, 6.45) is 11.0. The summed E-state index contributed by atoms with van der Waals surface area (Å²) in [6, 6.07) is 0. The quantitative estimate of drug-likeness (QED) is 0.266. The first-order valence-corrected chi connectivity index (χ1v) is 15.0. The number of fused-ring (bicyclic) bond motifs is 7. The summed E-state index contributed by atoms with van der Waals surface area (Å²) in [5.41, 5.74) is -0.576. The minimum Gasteiger partial charge on any atom is -0.461 e. The van der Waals surface area contributed by atoms with Crippen LogP contribution in [-0.2, 0) is 14.3 Å². The van der Waals surface area contributed by atoms with Crippen LogP contribution in [0.3, 0.4) is 0 Å². The maximum atomic E-state index is 13.7. The van der Waals surface area contributed by atoms with Crippen molar-refractivity contribution in [1.29, 1.82) is 0 Å². The van der Waals surface area contributed by atoms with Crippen molar-refractivity contribution in [2.24, 2.45) is 50.2 Å². The second-order valence-corrected chi connectivity index (χ2v) is 15.4. The normalized spacial score (nSPS) is 51.3. The minimum atomic E-state index is -0.904. The molecule has 212 valence electrons. The van der Waals surface area contributed by atoms with Crippen LogP contribution in [0.5, 0.6) is 0 Å². The maximum Gasteiger partial charge on any atom is 0.315 e. The number of carbonyl (C=O) groups excluding carboxylic acids is 2. The molecule has 0 aromatic rings. The summed E-state index contributed by atoms with van der Waals surface area (Å²) in [5, 5.41) is 22.9. The van der Waals surface area contributed by atoms with Crippen molar-refractivity contribution in [3.8, 4) is 0 Å². The monoisotopic (exact) mass is 526 g/mol. The summed E-state index contributed by atoms with van der Waals surface area (Å²) in [7, 11) is 0. The number of rotatable bonds is 4. The molecule has 4 fully saturated rings. The molecule has 5 aliphatic rings. The molecular weight excluding hydrogens is 476 g/mol. The van der Waals surface area contributed by atoms with Gasteiger partial charge in [0.2, 0.25) is 0 Å². The molecule has 0 bridgehead atoms. The van der Waals surface area contributed by atoms with Crippen molar-refractivity contribution in [2.45, 2.75) is 112 Å². The van der Waals surface area contributed by atoms with Crippen molar-refractivity contribution in [3.05, 3.63) is 24.3 Å².